The Balaban J connectivity index is 1.83. The van der Waals surface area contributed by atoms with Crippen LogP contribution in [0.2, 0.25) is 0 Å². The summed E-state index contributed by atoms with van der Waals surface area (Å²) < 4.78 is 30.9. The van der Waals surface area contributed by atoms with Crippen molar-refractivity contribution in [2.24, 2.45) is 0 Å². The fraction of sp³-hybridized carbons (Fsp3) is 0.238. The molecule has 0 heterocycles. The maximum atomic E-state index is 12.2. The summed E-state index contributed by atoms with van der Waals surface area (Å²) in [5.41, 5.74) is 1.78. The Hall–Kier alpha value is -3.13. The van der Waals surface area contributed by atoms with Crippen LogP contribution in [0.1, 0.15) is 25.0 Å². The predicted octanol–water partition coefficient (Wildman–Crippen LogP) is 2.88. The first-order valence-electron chi connectivity index (χ1n) is 9.09. The van der Waals surface area contributed by atoms with E-state index in [0.717, 1.165) is 11.1 Å². The third-order valence-electron chi connectivity index (χ3n) is 3.73. The predicted molar refractivity (Wildman–Crippen MR) is 111 cm³/mol. The molecule has 2 N–H and O–H groups in total. The highest BCUT2D eigenvalue weighted by molar-refractivity contribution is 7.90. The van der Waals surface area contributed by atoms with Gasteiger partial charge in [-0.1, -0.05) is 42.5 Å². The lowest BCUT2D eigenvalue weighted by atomic mass is 10.1. The first-order chi connectivity index (χ1) is 13.8. The Morgan fingerprint density at radius 2 is 1.69 bits per heavy atom. The van der Waals surface area contributed by atoms with Gasteiger partial charge >= 0.3 is 6.09 Å². The van der Waals surface area contributed by atoms with Crippen molar-refractivity contribution in [2.45, 2.75) is 31.3 Å². The van der Waals surface area contributed by atoms with Crippen molar-refractivity contribution >= 4 is 28.1 Å². The van der Waals surface area contributed by atoms with E-state index in [0.29, 0.717) is 13.0 Å². The average Bonchev–Trinajstić information content (AvgIpc) is 2.66. The third-order valence-corrected chi connectivity index (χ3v) is 5.06. The van der Waals surface area contributed by atoms with Crippen molar-refractivity contribution in [1.29, 1.82) is 0 Å². The molecule has 0 saturated heterocycles. The van der Waals surface area contributed by atoms with Gasteiger partial charge in [-0.25, -0.2) is 17.9 Å². The molecule has 0 bridgehead atoms. The van der Waals surface area contributed by atoms with E-state index in [1.54, 1.807) is 32.1 Å². The molecular formula is C21H24N2O5S. The van der Waals surface area contributed by atoms with E-state index in [4.69, 9.17) is 4.74 Å². The second-order valence-electron chi connectivity index (χ2n) is 6.49. The van der Waals surface area contributed by atoms with E-state index < -0.39 is 22.2 Å². The summed E-state index contributed by atoms with van der Waals surface area (Å²) >= 11 is 0. The van der Waals surface area contributed by atoms with Crippen molar-refractivity contribution in [3.63, 3.8) is 0 Å². The van der Waals surface area contributed by atoms with Crippen LogP contribution in [0, 0.1) is 0 Å². The summed E-state index contributed by atoms with van der Waals surface area (Å²) in [5, 5.41) is 2.77. The van der Waals surface area contributed by atoms with Crippen LogP contribution in [0.25, 0.3) is 6.08 Å². The van der Waals surface area contributed by atoms with Crippen molar-refractivity contribution < 1.29 is 22.7 Å². The minimum atomic E-state index is -3.99. The van der Waals surface area contributed by atoms with Crippen molar-refractivity contribution in [1.82, 2.24) is 10.0 Å². The van der Waals surface area contributed by atoms with Crippen LogP contribution in [-0.2, 0) is 26.0 Å². The van der Waals surface area contributed by atoms with Crippen LogP contribution in [-0.4, -0.2) is 33.1 Å². The average molecular weight is 416 g/mol. The molecular weight excluding hydrogens is 392 g/mol. The van der Waals surface area contributed by atoms with Crippen LogP contribution in [0.3, 0.4) is 0 Å². The SMILES string of the molecule is CC(C)OC(=O)NS(=O)(=O)c1ccc(CCNC(=O)C=Cc2ccccc2)cc1. The minimum Gasteiger partial charge on any atom is -0.446 e. The lowest BCUT2D eigenvalue weighted by Gasteiger charge is -2.10. The smallest absolute Gasteiger partial charge is 0.421 e. The molecule has 0 radical (unpaired) electrons. The quantitative estimate of drug-likeness (QED) is 0.645. The molecule has 0 aromatic heterocycles. The number of amides is 2. The van der Waals surface area contributed by atoms with Gasteiger partial charge in [-0.15, -0.1) is 0 Å². The van der Waals surface area contributed by atoms with E-state index in [2.05, 4.69) is 5.32 Å². The van der Waals surface area contributed by atoms with Gasteiger partial charge in [0, 0.05) is 12.6 Å². The maximum Gasteiger partial charge on any atom is 0.421 e. The molecule has 0 aliphatic heterocycles. The summed E-state index contributed by atoms with van der Waals surface area (Å²) in [6.45, 7) is 3.65. The standard InChI is InChI=1S/C21H24N2O5S/c1-16(2)28-21(25)23-29(26,27)19-11-8-18(9-12-19)14-15-22-20(24)13-10-17-6-4-3-5-7-17/h3-13,16H,14-15H2,1-2H3,(H,22,24)(H,23,25). The highest BCUT2D eigenvalue weighted by Gasteiger charge is 2.19. The fourth-order valence-electron chi connectivity index (χ4n) is 2.37. The largest absolute Gasteiger partial charge is 0.446 e. The number of ether oxygens (including phenoxy) is 1. The van der Waals surface area contributed by atoms with Crippen LogP contribution in [0.15, 0.2) is 65.6 Å². The summed E-state index contributed by atoms with van der Waals surface area (Å²) in [6.07, 6.45) is 2.29. The summed E-state index contributed by atoms with van der Waals surface area (Å²) in [4.78, 5) is 23.3. The van der Waals surface area contributed by atoms with Crippen molar-refractivity contribution in [2.75, 3.05) is 6.54 Å². The molecule has 8 heteroatoms. The molecule has 0 atom stereocenters. The number of hydrogen-bond donors (Lipinski definition) is 2. The molecule has 0 saturated carbocycles. The Morgan fingerprint density at radius 1 is 1.03 bits per heavy atom. The van der Waals surface area contributed by atoms with Crippen LogP contribution >= 0.6 is 0 Å². The summed E-state index contributed by atoms with van der Waals surface area (Å²) in [7, 11) is -3.99. The second kappa shape index (κ2) is 10.4. The molecule has 2 rings (SSSR count). The van der Waals surface area contributed by atoms with Gasteiger partial charge in [0.1, 0.15) is 0 Å². The number of hydrogen-bond acceptors (Lipinski definition) is 5. The zero-order valence-corrected chi connectivity index (χ0v) is 17.1. The lowest BCUT2D eigenvalue weighted by molar-refractivity contribution is -0.116. The van der Waals surface area contributed by atoms with Gasteiger partial charge in [0.2, 0.25) is 5.91 Å². The molecule has 7 nitrogen and oxygen atoms in total. The van der Waals surface area contributed by atoms with Crippen LogP contribution in [0.5, 0.6) is 0 Å². The highest BCUT2D eigenvalue weighted by Crippen LogP contribution is 2.11. The molecule has 0 aliphatic carbocycles. The van der Waals surface area contributed by atoms with E-state index >= 15 is 0 Å². The van der Waals surface area contributed by atoms with Gasteiger partial charge in [0.25, 0.3) is 10.0 Å². The molecule has 0 spiro atoms. The third kappa shape index (κ3) is 7.79. The van der Waals surface area contributed by atoms with Crippen molar-refractivity contribution in [3.8, 4) is 0 Å². The number of carbonyl (C=O) groups is 2. The molecule has 154 valence electrons. The summed E-state index contributed by atoms with van der Waals surface area (Å²) in [6, 6.07) is 15.6. The van der Waals surface area contributed by atoms with E-state index in [1.165, 1.54) is 18.2 Å². The van der Waals surface area contributed by atoms with Crippen molar-refractivity contribution in [3.05, 3.63) is 71.8 Å². The van der Waals surface area contributed by atoms with Crippen LogP contribution < -0.4 is 10.0 Å². The van der Waals surface area contributed by atoms with Gasteiger partial charge in [0.05, 0.1) is 11.0 Å². The van der Waals surface area contributed by atoms with E-state index in [1.807, 2.05) is 35.1 Å². The van der Waals surface area contributed by atoms with E-state index in [-0.39, 0.29) is 10.8 Å². The maximum absolute atomic E-state index is 12.2. The molecule has 0 unspecified atom stereocenters. The monoisotopic (exact) mass is 416 g/mol. The van der Waals surface area contributed by atoms with Gasteiger partial charge in [0.15, 0.2) is 0 Å². The van der Waals surface area contributed by atoms with Gasteiger partial charge < -0.3 is 10.1 Å². The molecule has 2 aromatic rings. The second-order valence-corrected chi connectivity index (χ2v) is 8.17. The topological polar surface area (TPSA) is 102 Å². The Bertz CT molecular complexity index is 952. The van der Waals surface area contributed by atoms with Gasteiger partial charge in [-0.2, -0.15) is 0 Å². The van der Waals surface area contributed by atoms with Gasteiger partial charge in [-0.3, -0.25) is 4.79 Å². The highest BCUT2D eigenvalue weighted by atomic mass is 32.2. The Morgan fingerprint density at radius 3 is 2.31 bits per heavy atom. The molecule has 0 aliphatic rings. The zero-order valence-electron chi connectivity index (χ0n) is 16.3. The molecule has 2 aromatic carbocycles. The molecule has 29 heavy (non-hydrogen) atoms. The Labute approximate surface area is 170 Å². The number of benzene rings is 2. The van der Waals surface area contributed by atoms with E-state index in [9.17, 15) is 18.0 Å². The number of sulfonamides is 1. The number of rotatable bonds is 8. The molecule has 2 amide bonds. The minimum absolute atomic E-state index is 0.0446. The number of carbonyl (C=O) groups excluding carboxylic acids is 2. The lowest BCUT2D eigenvalue weighted by Crippen LogP contribution is -2.32. The Kier molecular flexibility index (Phi) is 7.97. The zero-order chi connectivity index (χ0) is 21.3. The number of nitrogens with one attached hydrogen (secondary N) is 2. The normalized spacial score (nSPS) is 11.4. The first kappa shape index (κ1) is 22.2. The van der Waals surface area contributed by atoms with Crippen LogP contribution in [0.4, 0.5) is 4.79 Å². The fourth-order valence-corrected chi connectivity index (χ4v) is 3.25. The molecule has 0 fully saturated rings. The summed E-state index contributed by atoms with van der Waals surface area (Å²) in [5.74, 6) is -0.207. The van der Waals surface area contributed by atoms with Gasteiger partial charge in [-0.05, 0) is 49.6 Å². The first-order valence-corrected chi connectivity index (χ1v) is 10.6.